The number of piperidine rings is 1. The molecule has 2 atom stereocenters. The summed E-state index contributed by atoms with van der Waals surface area (Å²) >= 11 is 3.51. The molecule has 2 aliphatic rings. The van der Waals surface area contributed by atoms with Gasteiger partial charge in [0.05, 0.1) is 13.5 Å². The van der Waals surface area contributed by atoms with Crippen LogP contribution in [0.25, 0.3) is 0 Å². The fraction of sp³-hybridized carbons (Fsp3) is 0.533. The van der Waals surface area contributed by atoms with Crippen molar-refractivity contribution in [2.75, 3.05) is 13.7 Å². The minimum Gasteiger partial charge on any atom is -0.497 e. The molecule has 1 aliphatic heterocycles. The smallest absolute Gasteiger partial charge is 0.227 e. The average Bonchev–Trinajstić information content (AvgIpc) is 3.03. The number of hydrogen-bond acceptors (Lipinski definition) is 2. The van der Waals surface area contributed by atoms with Gasteiger partial charge in [0, 0.05) is 17.1 Å². The molecular formula is C15H18BrNO2. The van der Waals surface area contributed by atoms with Crippen molar-refractivity contribution in [1.29, 1.82) is 0 Å². The maximum atomic E-state index is 12.4. The van der Waals surface area contributed by atoms with Crippen molar-refractivity contribution in [3.8, 4) is 5.75 Å². The van der Waals surface area contributed by atoms with Gasteiger partial charge < -0.3 is 9.64 Å². The molecule has 3 nitrogen and oxygen atoms in total. The van der Waals surface area contributed by atoms with Gasteiger partial charge >= 0.3 is 0 Å². The van der Waals surface area contributed by atoms with Gasteiger partial charge in [-0.15, -0.1) is 0 Å². The van der Waals surface area contributed by atoms with Gasteiger partial charge in [0.1, 0.15) is 5.75 Å². The normalized spacial score (nSPS) is 24.8. The predicted octanol–water partition coefficient (Wildman–Crippen LogP) is 3.01. The van der Waals surface area contributed by atoms with Crippen LogP contribution in [0, 0.1) is 5.92 Å². The van der Waals surface area contributed by atoms with E-state index in [1.807, 2.05) is 18.2 Å². The molecule has 1 saturated carbocycles. The Balaban J connectivity index is 1.72. The molecule has 1 amide bonds. The molecule has 1 aromatic rings. The summed E-state index contributed by atoms with van der Waals surface area (Å²) in [5.41, 5.74) is 1.01. The van der Waals surface area contributed by atoms with E-state index in [0.717, 1.165) is 28.2 Å². The highest BCUT2D eigenvalue weighted by Gasteiger charge is 2.39. The van der Waals surface area contributed by atoms with Crippen molar-refractivity contribution in [3.05, 3.63) is 28.2 Å². The number of benzene rings is 1. The van der Waals surface area contributed by atoms with Gasteiger partial charge in [-0.05, 0) is 48.9 Å². The van der Waals surface area contributed by atoms with E-state index >= 15 is 0 Å². The highest BCUT2D eigenvalue weighted by molar-refractivity contribution is 9.10. The summed E-state index contributed by atoms with van der Waals surface area (Å²) in [4.78, 5) is 14.5. The van der Waals surface area contributed by atoms with E-state index in [0.29, 0.717) is 12.5 Å². The Hall–Kier alpha value is -1.03. The third kappa shape index (κ3) is 2.50. The van der Waals surface area contributed by atoms with Crippen LogP contribution in [0.2, 0.25) is 0 Å². The molecule has 19 heavy (non-hydrogen) atoms. The number of likely N-dealkylation sites (tertiary alicyclic amines) is 1. The molecule has 0 N–H and O–H groups in total. The van der Waals surface area contributed by atoms with E-state index in [9.17, 15) is 4.79 Å². The number of ether oxygens (including phenoxy) is 1. The van der Waals surface area contributed by atoms with E-state index in [-0.39, 0.29) is 5.91 Å². The molecule has 1 heterocycles. The number of nitrogens with zero attached hydrogens (tertiary/aromatic N) is 1. The maximum Gasteiger partial charge on any atom is 0.227 e. The third-order valence-corrected chi connectivity index (χ3v) is 5.10. The van der Waals surface area contributed by atoms with Crippen LogP contribution in [0.4, 0.5) is 0 Å². The topological polar surface area (TPSA) is 29.5 Å². The second kappa shape index (κ2) is 5.16. The van der Waals surface area contributed by atoms with Gasteiger partial charge in [-0.2, -0.15) is 0 Å². The zero-order chi connectivity index (χ0) is 13.4. The monoisotopic (exact) mass is 323 g/mol. The Labute approximate surface area is 122 Å². The quantitative estimate of drug-likeness (QED) is 0.855. The lowest BCUT2D eigenvalue weighted by Crippen LogP contribution is -2.38. The number of fused-ring (bicyclic) bond motifs is 2. The molecule has 102 valence electrons. The minimum absolute atomic E-state index is 0.251. The van der Waals surface area contributed by atoms with Crippen molar-refractivity contribution in [2.45, 2.75) is 31.7 Å². The van der Waals surface area contributed by atoms with Gasteiger partial charge in [-0.1, -0.05) is 15.9 Å². The van der Waals surface area contributed by atoms with Gasteiger partial charge in [0.2, 0.25) is 5.91 Å². The molecule has 4 heteroatoms. The van der Waals surface area contributed by atoms with Crippen LogP contribution < -0.4 is 4.74 Å². The van der Waals surface area contributed by atoms with Crippen LogP contribution in [-0.4, -0.2) is 30.5 Å². The predicted molar refractivity (Wildman–Crippen MR) is 77.2 cm³/mol. The van der Waals surface area contributed by atoms with Crippen molar-refractivity contribution in [3.63, 3.8) is 0 Å². The molecule has 2 fully saturated rings. The number of hydrogen-bond donors (Lipinski definition) is 0. The molecule has 2 unspecified atom stereocenters. The van der Waals surface area contributed by atoms with E-state index in [2.05, 4.69) is 20.8 Å². The Kier molecular flexibility index (Phi) is 3.52. The average molecular weight is 324 g/mol. The SMILES string of the molecule is COc1ccc(Br)c(CC(=O)N2CC3CCC2C3)c1. The van der Waals surface area contributed by atoms with Crippen molar-refractivity contribution in [2.24, 2.45) is 5.92 Å². The van der Waals surface area contributed by atoms with Gasteiger partial charge in [0.25, 0.3) is 0 Å². The Morgan fingerprint density at radius 3 is 2.95 bits per heavy atom. The second-order valence-electron chi connectivity index (χ2n) is 5.51. The van der Waals surface area contributed by atoms with E-state index in [1.54, 1.807) is 7.11 Å². The Morgan fingerprint density at radius 2 is 2.32 bits per heavy atom. The zero-order valence-electron chi connectivity index (χ0n) is 11.1. The van der Waals surface area contributed by atoms with Crippen LogP contribution in [0.1, 0.15) is 24.8 Å². The van der Waals surface area contributed by atoms with Gasteiger partial charge in [-0.3, -0.25) is 4.79 Å². The maximum absolute atomic E-state index is 12.4. The second-order valence-corrected chi connectivity index (χ2v) is 6.37. The summed E-state index contributed by atoms with van der Waals surface area (Å²) in [7, 11) is 1.65. The molecule has 1 saturated heterocycles. The fourth-order valence-corrected chi connectivity index (χ4v) is 3.69. The molecule has 1 aromatic carbocycles. The van der Waals surface area contributed by atoms with Crippen molar-refractivity contribution < 1.29 is 9.53 Å². The number of carbonyl (C=O) groups is 1. The highest BCUT2D eigenvalue weighted by Crippen LogP contribution is 2.37. The number of amides is 1. The lowest BCUT2D eigenvalue weighted by molar-refractivity contribution is -0.132. The molecule has 0 aromatic heterocycles. The van der Waals surface area contributed by atoms with Crippen molar-refractivity contribution in [1.82, 2.24) is 4.90 Å². The first-order valence-corrected chi connectivity index (χ1v) is 7.58. The Bertz CT molecular complexity index is 503. The number of carbonyl (C=O) groups excluding carboxylic acids is 1. The lowest BCUT2D eigenvalue weighted by Gasteiger charge is -2.27. The molecule has 3 rings (SSSR count). The van der Waals surface area contributed by atoms with Crippen molar-refractivity contribution >= 4 is 21.8 Å². The first kappa shape index (κ1) is 13.0. The standard InChI is InChI=1S/C15H18BrNO2/c1-19-13-4-5-14(16)11(7-13)8-15(18)17-9-10-2-3-12(17)6-10/h4-5,7,10,12H,2-3,6,8-9H2,1H3. The van der Waals surface area contributed by atoms with E-state index < -0.39 is 0 Å². The summed E-state index contributed by atoms with van der Waals surface area (Å²) in [6.45, 7) is 0.963. The fourth-order valence-electron chi connectivity index (χ4n) is 3.31. The van der Waals surface area contributed by atoms with Crippen LogP contribution in [-0.2, 0) is 11.2 Å². The molecule has 1 aliphatic carbocycles. The minimum atomic E-state index is 0.251. The largest absolute Gasteiger partial charge is 0.497 e. The zero-order valence-corrected chi connectivity index (χ0v) is 12.6. The summed E-state index contributed by atoms with van der Waals surface area (Å²) < 4.78 is 6.20. The molecule has 0 spiro atoms. The number of halogens is 1. The summed E-state index contributed by atoms with van der Waals surface area (Å²) in [5.74, 6) is 1.80. The number of rotatable bonds is 3. The summed E-state index contributed by atoms with van der Waals surface area (Å²) in [6, 6.07) is 6.28. The molecule has 0 radical (unpaired) electrons. The molecule has 2 bridgehead atoms. The molecular weight excluding hydrogens is 306 g/mol. The highest BCUT2D eigenvalue weighted by atomic mass is 79.9. The van der Waals surface area contributed by atoms with Crippen LogP contribution >= 0.6 is 15.9 Å². The third-order valence-electron chi connectivity index (χ3n) is 4.32. The first-order chi connectivity index (χ1) is 9.17. The summed E-state index contributed by atoms with van der Waals surface area (Å²) in [6.07, 6.45) is 4.17. The van der Waals surface area contributed by atoms with E-state index in [4.69, 9.17) is 4.74 Å². The van der Waals surface area contributed by atoms with Crippen LogP contribution in [0.15, 0.2) is 22.7 Å². The number of methoxy groups -OCH3 is 1. The van der Waals surface area contributed by atoms with Gasteiger partial charge in [0.15, 0.2) is 0 Å². The lowest BCUT2D eigenvalue weighted by atomic mass is 10.1. The summed E-state index contributed by atoms with van der Waals surface area (Å²) in [5, 5.41) is 0. The van der Waals surface area contributed by atoms with E-state index in [1.165, 1.54) is 19.3 Å². The first-order valence-electron chi connectivity index (χ1n) is 6.79. The van der Waals surface area contributed by atoms with Gasteiger partial charge in [-0.25, -0.2) is 0 Å². The Morgan fingerprint density at radius 1 is 1.47 bits per heavy atom. The van der Waals surface area contributed by atoms with Crippen LogP contribution in [0.5, 0.6) is 5.75 Å². The van der Waals surface area contributed by atoms with Crippen LogP contribution in [0.3, 0.4) is 0 Å².